The maximum atomic E-state index is 4.69. The first-order valence-electron chi connectivity index (χ1n) is 10.3. The molecule has 0 amide bonds. The SMILES string of the molecule is C=C(c1ccc(Cc2ncn[nH]2)cn1)c1cc2c(cc1C)C(C)(C)CCC2(C)C. The number of H-pyrrole nitrogens is 1. The van der Waals surface area contributed by atoms with Crippen molar-refractivity contribution in [2.75, 3.05) is 0 Å². The molecule has 4 rings (SSSR count). The zero-order valence-electron chi connectivity index (χ0n) is 18.1. The number of aromatic nitrogens is 4. The predicted molar refractivity (Wildman–Crippen MR) is 118 cm³/mol. The Balaban J connectivity index is 1.67. The number of aromatic amines is 1. The molecule has 0 unspecified atom stereocenters. The molecule has 150 valence electrons. The molecular formula is C25H30N4. The van der Waals surface area contributed by atoms with Crippen molar-refractivity contribution >= 4 is 5.57 Å². The molecule has 0 bridgehead atoms. The van der Waals surface area contributed by atoms with Crippen LogP contribution in [0.25, 0.3) is 5.57 Å². The molecule has 1 aliphatic rings. The fraction of sp³-hybridized carbons (Fsp3) is 0.400. The van der Waals surface area contributed by atoms with E-state index in [1.54, 1.807) is 0 Å². The fourth-order valence-electron chi connectivity index (χ4n) is 4.40. The van der Waals surface area contributed by atoms with Crippen LogP contribution in [0.1, 0.15) is 79.9 Å². The van der Waals surface area contributed by atoms with Gasteiger partial charge >= 0.3 is 0 Å². The zero-order valence-corrected chi connectivity index (χ0v) is 18.1. The fourth-order valence-corrected chi connectivity index (χ4v) is 4.40. The minimum atomic E-state index is 0.182. The van der Waals surface area contributed by atoms with Crippen molar-refractivity contribution in [3.63, 3.8) is 0 Å². The number of fused-ring (bicyclic) bond motifs is 1. The molecule has 4 nitrogen and oxygen atoms in total. The summed E-state index contributed by atoms with van der Waals surface area (Å²) in [6.07, 6.45) is 6.56. The van der Waals surface area contributed by atoms with E-state index in [2.05, 4.69) is 80.6 Å². The predicted octanol–water partition coefficient (Wildman–Crippen LogP) is 5.51. The minimum Gasteiger partial charge on any atom is -0.263 e. The lowest BCUT2D eigenvalue weighted by Crippen LogP contribution is -2.34. The van der Waals surface area contributed by atoms with Crippen LogP contribution < -0.4 is 0 Å². The van der Waals surface area contributed by atoms with E-state index in [-0.39, 0.29) is 10.8 Å². The van der Waals surface area contributed by atoms with E-state index in [4.69, 9.17) is 4.98 Å². The highest BCUT2D eigenvalue weighted by Gasteiger charge is 2.37. The summed E-state index contributed by atoms with van der Waals surface area (Å²) in [6.45, 7) is 16.0. The first-order chi connectivity index (χ1) is 13.7. The molecule has 0 atom stereocenters. The zero-order chi connectivity index (χ0) is 20.8. The number of aryl methyl sites for hydroxylation is 1. The van der Waals surface area contributed by atoms with Gasteiger partial charge in [0.1, 0.15) is 12.2 Å². The van der Waals surface area contributed by atoms with Gasteiger partial charge in [0.25, 0.3) is 0 Å². The number of hydrogen-bond acceptors (Lipinski definition) is 3. The summed E-state index contributed by atoms with van der Waals surface area (Å²) in [7, 11) is 0. The molecule has 1 aromatic carbocycles. The van der Waals surface area contributed by atoms with Crippen LogP contribution in [-0.2, 0) is 17.3 Å². The van der Waals surface area contributed by atoms with Crippen molar-refractivity contribution in [1.29, 1.82) is 0 Å². The van der Waals surface area contributed by atoms with E-state index >= 15 is 0 Å². The Morgan fingerprint density at radius 1 is 1.03 bits per heavy atom. The maximum Gasteiger partial charge on any atom is 0.137 e. The van der Waals surface area contributed by atoms with Crippen LogP contribution in [0.5, 0.6) is 0 Å². The Bertz CT molecular complexity index is 1040. The van der Waals surface area contributed by atoms with Gasteiger partial charge in [-0.1, -0.05) is 46.4 Å². The van der Waals surface area contributed by atoms with Crippen molar-refractivity contribution in [3.05, 3.63) is 82.7 Å². The molecule has 2 heterocycles. The van der Waals surface area contributed by atoms with Crippen LogP contribution in [0, 0.1) is 6.92 Å². The van der Waals surface area contributed by atoms with Gasteiger partial charge in [-0.05, 0) is 70.5 Å². The van der Waals surface area contributed by atoms with Crippen LogP contribution >= 0.6 is 0 Å². The van der Waals surface area contributed by atoms with Gasteiger partial charge in [-0.25, -0.2) is 4.98 Å². The molecular weight excluding hydrogens is 356 g/mol. The highest BCUT2D eigenvalue weighted by Crippen LogP contribution is 2.47. The van der Waals surface area contributed by atoms with E-state index < -0.39 is 0 Å². The third-order valence-corrected chi connectivity index (χ3v) is 6.49. The molecule has 2 aromatic heterocycles. The van der Waals surface area contributed by atoms with E-state index in [9.17, 15) is 0 Å². The molecule has 0 saturated carbocycles. The van der Waals surface area contributed by atoms with Gasteiger partial charge in [0.15, 0.2) is 0 Å². The van der Waals surface area contributed by atoms with E-state index in [1.807, 2.05) is 6.20 Å². The lowest BCUT2D eigenvalue weighted by molar-refractivity contribution is 0.331. The van der Waals surface area contributed by atoms with Crippen molar-refractivity contribution < 1.29 is 0 Å². The molecule has 1 N–H and O–H groups in total. The van der Waals surface area contributed by atoms with Crippen LogP contribution in [0.2, 0.25) is 0 Å². The third-order valence-electron chi connectivity index (χ3n) is 6.49. The Morgan fingerprint density at radius 2 is 1.72 bits per heavy atom. The van der Waals surface area contributed by atoms with Crippen molar-refractivity contribution in [3.8, 4) is 0 Å². The molecule has 0 spiro atoms. The number of nitrogens with zero attached hydrogens (tertiary/aromatic N) is 3. The van der Waals surface area contributed by atoms with Crippen molar-refractivity contribution in [1.82, 2.24) is 20.2 Å². The number of nitrogens with one attached hydrogen (secondary N) is 1. The summed E-state index contributed by atoms with van der Waals surface area (Å²) in [5, 5.41) is 6.79. The van der Waals surface area contributed by atoms with Gasteiger partial charge in [0.2, 0.25) is 0 Å². The van der Waals surface area contributed by atoms with E-state index in [0.717, 1.165) is 22.7 Å². The second kappa shape index (κ2) is 6.94. The van der Waals surface area contributed by atoms with Crippen molar-refractivity contribution in [2.24, 2.45) is 0 Å². The molecule has 0 saturated heterocycles. The molecule has 0 aliphatic heterocycles. The molecule has 0 radical (unpaired) electrons. The lowest BCUT2D eigenvalue weighted by Gasteiger charge is -2.42. The first-order valence-corrected chi connectivity index (χ1v) is 10.3. The average molecular weight is 387 g/mol. The van der Waals surface area contributed by atoms with Gasteiger partial charge < -0.3 is 0 Å². The second-order valence-corrected chi connectivity index (χ2v) is 9.62. The summed E-state index contributed by atoms with van der Waals surface area (Å²) in [4.78, 5) is 8.87. The summed E-state index contributed by atoms with van der Waals surface area (Å²) >= 11 is 0. The lowest BCUT2D eigenvalue weighted by atomic mass is 9.62. The van der Waals surface area contributed by atoms with Crippen LogP contribution in [0.4, 0.5) is 0 Å². The van der Waals surface area contributed by atoms with Crippen LogP contribution in [-0.4, -0.2) is 20.2 Å². The van der Waals surface area contributed by atoms with Gasteiger partial charge in [0, 0.05) is 18.2 Å². The summed E-state index contributed by atoms with van der Waals surface area (Å²) in [6, 6.07) is 8.91. The normalized spacial score (nSPS) is 17.0. The average Bonchev–Trinajstić information content (AvgIpc) is 3.18. The van der Waals surface area contributed by atoms with Crippen molar-refractivity contribution in [2.45, 2.75) is 64.7 Å². The molecule has 0 fully saturated rings. The minimum absolute atomic E-state index is 0.182. The Morgan fingerprint density at radius 3 is 2.31 bits per heavy atom. The smallest absolute Gasteiger partial charge is 0.137 e. The standard InChI is InChI=1S/C25H30N4/c1-16-11-20-21(25(5,6)10-9-24(20,3)4)13-19(16)17(2)22-8-7-18(14-26-22)12-23-27-15-28-29-23/h7-8,11,13-15H,2,9-10,12H2,1,3-6H3,(H,27,28,29). The topological polar surface area (TPSA) is 54.5 Å². The largest absolute Gasteiger partial charge is 0.263 e. The summed E-state index contributed by atoms with van der Waals surface area (Å²) in [5.74, 6) is 0.841. The highest BCUT2D eigenvalue weighted by atomic mass is 15.2. The summed E-state index contributed by atoms with van der Waals surface area (Å²) < 4.78 is 0. The number of pyridine rings is 1. The second-order valence-electron chi connectivity index (χ2n) is 9.62. The van der Waals surface area contributed by atoms with Gasteiger partial charge in [0.05, 0.1) is 5.69 Å². The van der Waals surface area contributed by atoms with Gasteiger partial charge in [-0.2, -0.15) is 5.10 Å². The Labute approximate surface area is 173 Å². The van der Waals surface area contributed by atoms with Crippen LogP contribution in [0.3, 0.4) is 0 Å². The quantitative estimate of drug-likeness (QED) is 0.643. The Kier molecular flexibility index (Phi) is 4.68. The summed E-state index contributed by atoms with van der Waals surface area (Å²) in [5.41, 5.74) is 8.81. The number of rotatable bonds is 4. The molecule has 1 aliphatic carbocycles. The monoisotopic (exact) mass is 386 g/mol. The van der Waals surface area contributed by atoms with Gasteiger partial charge in [-0.3, -0.25) is 10.1 Å². The van der Waals surface area contributed by atoms with E-state index in [0.29, 0.717) is 6.42 Å². The van der Waals surface area contributed by atoms with Gasteiger partial charge in [-0.15, -0.1) is 0 Å². The maximum absolute atomic E-state index is 4.69. The third kappa shape index (κ3) is 3.64. The first kappa shape index (κ1) is 19.6. The van der Waals surface area contributed by atoms with E-state index in [1.165, 1.54) is 41.4 Å². The molecule has 29 heavy (non-hydrogen) atoms. The number of hydrogen-bond donors (Lipinski definition) is 1. The number of benzene rings is 1. The Hall–Kier alpha value is -2.75. The highest BCUT2D eigenvalue weighted by molar-refractivity contribution is 5.79. The van der Waals surface area contributed by atoms with Crippen LogP contribution in [0.15, 0.2) is 43.4 Å². The molecule has 3 aromatic rings. The molecule has 4 heteroatoms.